The summed E-state index contributed by atoms with van der Waals surface area (Å²) in [6, 6.07) is 10.4. The van der Waals surface area contributed by atoms with Crippen molar-refractivity contribution in [3.8, 4) is 0 Å². The topological polar surface area (TPSA) is 101 Å². The minimum absolute atomic E-state index is 0.107. The van der Waals surface area contributed by atoms with Gasteiger partial charge in [0.1, 0.15) is 0 Å². The number of nitrogens with two attached hydrogens (primary N) is 1. The van der Waals surface area contributed by atoms with E-state index in [0.29, 0.717) is 36.4 Å². The summed E-state index contributed by atoms with van der Waals surface area (Å²) in [4.78, 5) is 35.3. The molecule has 1 aromatic heterocycles. The number of benzene rings is 1. The van der Waals surface area contributed by atoms with Gasteiger partial charge in [0.25, 0.3) is 5.91 Å². The summed E-state index contributed by atoms with van der Waals surface area (Å²) in [7, 11) is 0. The Kier molecular flexibility index (Phi) is 6.51. The molecule has 24 heavy (non-hydrogen) atoms. The monoisotopic (exact) mass is 345 g/mol. The van der Waals surface area contributed by atoms with Gasteiger partial charge in [-0.2, -0.15) is 0 Å². The molecule has 1 aromatic carbocycles. The van der Waals surface area contributed by atoms with Crippen molar-refractivity contribution in [2.75, 3.05) is 6.54 Å². The first-order valence-electron chi connectivity index (χ1n) is 7.53. The van der Waals surface area contributed by atoms with E-state index < -0.39 is 5.91 Å². The molecule has 0 spiro atoms. The van der Waals surface area contributed by atoms with Crippen LogP contribution in [0.4, 0.5) is 0 Å². The van der Waals surface area contributed by atoms with Gasteiger partial charge < -0.3 is 16.4 Å². The fourth-order valence-corrected chi connectivity index (χ4v) is 2.71. The highest BCUT2D eigenvalue weighted by molar-refractivity contribution is 7.12. The normalized spacial score (nSPS) is 10.2. The van der Waals surface area contributed by atoms with Crippen LogP contribution < -0.4 is 16.4 Å². The molecule has 126 valence electrons. The minimum Gasteiger partial charge on any atom is -0.366 e. The molecule has 0 aliphatic heterocycles. The van der Waals surface area contributed by atoms with Gasteiger partial charge in [-0.1, -0.05) is 18.2 Å². The third-order valence-electron chi connectivity index (χ3n) is 3.31. The second kappa shape index (κ2) is 8.83. The van der Waals surface area contributed by atoms with Gasteiger partial charge >= 0.3 is 0 Å². The summed E-state index contributed by atoms with van der Waals surface area (Å²) >= 11 is 1.38. The largest absolute Gasteiger partial charge is 0.366 e. The smallest absolute Gasteiger partial charge is 0.261 e. The summed E-state index contributed by atoms with van der Waals surface area (Å²) in [5.41, 5.74) is 6.44. The van der Waals surface area contributed by atoms with Crippen molar-refractivity contribution in [3.05, 3.63) is 57.8 Å². The van der Waals surface area contributed by atoms with Gasteiger partial charge in [0.15, 0.2) is 0 Å². The fourth-order valence-electron chi connectivity index (χ4n) is 2.07. The minimum atomic E-state index is -0.496. The summed E-state index contributed by atoms with van der Waals surface area (Å²) in [6.45, 7) is 0.781. The van der Waals surface area contributed by atoms with Crippen LogP contribution in [0, 0.1) is 0 Å². The maximum atomic E-state index is 11.8. The molecule has 0 radical (unpaired) electrons. The number of thiophene rings is 1. The number of rotatable bonds is 8. The van der Waals surface area contributed by atoms with Crippen molar-refractivity contribution in [2.45, 2.75) is 19.4 Å². The Hall–Kier alpha value is -2.67. The Morgan fingerprint density at radius 1 is 1.08 bits per heavy atom. The number of carbonyl (C=O) groups is 3. The van der Waals surface area contributed by atoms with E-state index in [2.05, 4.69) is 10.6 Å². The molecule has 0 unspecified atom stereocenters. The predicted molar refractivity (Wildman–Crippen MR) is 92.7 cm³/mol. The molecule has 2 rings (SSSR count). The molecule has 0 saturated heterocycles. The number of hydrogen-bond acceptors (Lipinski definition) is 4. The van der Waals surface area contributed by atoms with Gasteiger partial charge in [-0.15, -0.1) is 11.3 Å². The Morgan fingerprint density at radius 2 is 1.92 bits per heavy atom. The maximum absolute atomic E-state index is 11.8. The molecular weight excluding hydrogens is 326 g/mol. The van der Waals surface area contributed by atoms with Gasteiger partial charge in [0.2, 0.25) is 11.8 Å². The highest BCUT2D eigenvalue weighted by Gasteiger charge is 2.07. The van der Waals surface area contributed by atoms with Crippen molar-refractivity contribution in [1.82, 2.24) is 10.6 Å². The van der Waals surface area contributed by atoms with Gasteiger partial charge in [0, 0.05) is 25.1 Å². The molecule has 4 N–H and O–H groups in total. The molecule has 1 heterocycles. The molecule has 0 bridgehead atoms. The zero-order valence-electron chi connectivity index (χ0n) is 13.1. The Labute approximate surface area is 144 Å². The molecule has 2 aromatic rings. The Morgan fingerprint density at radius 3 is 2.62 bits per heavy atom. The Balaban J connectivity index is 1.66. The van der Waals surface area contributed by atoms with E-state index in [0.717, 1.165) is 5.56 Å². The predicted octanol–water partition coefficient (Wildman–Crippen LogP) is 1.67. The van der Waals surface area contributed by atoms with E-state index in [1.165, 1.54) is 11.3 Å². The molecule has 0 atom stereocenters. The first-order valence-corrected chi connectivity index (χ1v) is 8.41. The maximum Gasteiger partial charge on any atom is 0.261 e. The van der Waals surface area contributed by atoms with E-state index in [9.17, 15) is 14.4 Å². The lowest BCUT2D eigenvalue weighted by Crippen LogP contribution is -2.27. The summed E-state index contributed by atoms with van der Waals surface area (Å²) in [5.74, 6) is -0.719. The average Bonchev–Trinajstić information content (AvgIpc) is 3.11. The lowest BCUT2D eigenvalue weighted by Gasteiger charge is -2.07. The van der Waals surface area contributed by atoms with Gasteiger partial charge in [-0.05, 0) is 35.6 Å². The van der Waals surface area contributed by atoms with Crippen LogP contribution in [0.2, 0.25) is 0 Å². The van der Waals surface area contributed by atoms with Crippen LogP contribution in [0.3, 0.4) is 0 Å². The first kappa shape index (κ1) is 17.7. The van der Waals surface area contributed by atoms with E-state index in [1.54, 1.807) is 24.3 Å². The number of carbonyl (C=O) groups excluding carboxylic acids is 3. The van der Waals surface area contributed by atoms with Crippen LogP contribution in [-0.2, 0) is 11.3 Å². The van der Waals surface area contributed by atoms with Crippen molar-refractivity contribution in [1.29, 1.82) is 0 Å². The fraction of sp³-hybridized carbons (Fsp3) is 0.235. The van der Waals surface area contributed by atoms with Crippen LogP contribution in [0.15, 0.2) is 41.8 Å². The molecule has 6 nitrogen and oxygen atoms in total. The van der Waals surface area contributed by atoms with E-state index in [-0.39, 0.29) is 11.8 Å². The molecular formula is C17H19N3O3S. The van der Waals surface area contributed by atoms with E-state index in [1.807, 2.05) is 17.5 Å². The zero-order valence-corrected chi connectivity index (χ0v) is 13.9. The van der Waals surface area contributed by atoms with Crippen molar-refractivity contribution in [3.63, 3.8) is 0 Å². The highest BCUT2D eigenvalue weighted by Crippen LogP contribution is 2.07. The van der Waals surface area contributed by atoms with Crippen molar-refractivity contribution in [2.24, 2.45) is 5.73 Å². The Bertz CT molecular complexity index is 714. The van der Waals surface area contributed by atoms with Gasteiger partial charge in [0.05, 0.1) is 4.88 Å². The van der Waals surface area contributed by atoms with E-state index >= 15 is 0 Å². The molecule has 0 saturated carbocycles. The first-order chi connectivity index (χ1) is 11.6. The quantitative estimate of drug-likeness (QED) is 0.634. The number of primary amides is 1. The summed E-state index contributed by atoms with van der Waals surface area (Å²) in [5, 5.41) is 7.40. The lowest BCUT2D eigenvalue weighted by molar-refractivity contribution is -0.121. The average molecular weight is 345 g/mol. The van der Waals surface area contributed by atoms with Crippen molar-refractivity contribution >= 4 is 29.1 Å². The van der Waals surface area contributed by atoms with Crippen LogP contribution in [0.5, 0.6) is 0 Å². The summed E-state index contributed by atoms with van der Waals surface area (Å²) in [6.07, 6.45) is 0.879. The van der Waals surface area contributed by atoms with Gasteiger partial charge in [-0.25, -0.2) is 0 Å². The van der Waals surface area contributed by atoms with Crippen LogP contribution in [0.1, 0.15) is 38.4 Å². The SMILES string of the molecule is NC(=O)c1cccc(CNC(=O)CCCNC(=O)c2cccs2)c1. The van der Waals surface area contributed by atoms with Gasteiger partial charge in [-0.3, -0.25) is 14.4 Å². The second-order valence-corrected chi connectivity index (χ2v) is 6.13. The molecule has 0 aliphatic rings. The van der Waals surface area contributed by atoms with Crippen LogP contribution in [-0.4, -0.2) is 24.3 Å². The number of nitrogens with one attached hydrogen (secondary N) is 2. The number of hydrogen-bond donors (Lipinski definition) is 3. The van der Waals surface area contributed by atoms with E-state index in [4.69, 9.17) is 5.73 Å². The highest BCUT2D eigenvalue weighted by atomic mass is 32.1. The third kappa shape index (κ3) is 5.51. The lowest BCUT2D eigenvalue weighted by atomic mass is 10.1. The van der Waals surface area contributed by atoms with Crippen molar-refractivity contribution < 1.29 is 14.4 Å². The van der Waals surface area contributed by atoms with Crippen LogP contribution in [0.25, 0.3) is 0 Å². The second-order valence-electron chi connectivity index (χ2n) is 5.18. The zero-order chi connectivity index (χ0) is 17.4. The van der Waals surface area contributed by atoms with Crippen LogP contribution >= 0.6 is 11.3 Å². The third-order valence-corrected chi connectivity index (χ3v) is 4.18. The molecule has 0 aliphatic carbocycles. The standard InChI is InChI=1S/C17H19N3O3S/c18-16(22)13-5-1-4-12(10-13)11-20-15(21)7-2-8-19-17(23)14-6-3-9-24-14/h1,3-6,9-10H,2,7-8,11H2,(H2,18,22)(H,19,23)(H,20,21). The summed E-state index contributed by atoms with van der Waals surface area (Å²) < 4.78 is 0. The molecule has 3 amide bonds. The number of amides is 3. The molecule has 7 heteroatoms. The molecule has 0 fully saturated rings.